The number of benzene rings is 2. The molecule has 1 aromatic heterocycles. The molecular weight excluding hydrogens is 346 g/mol. The highest BCUT2D eigenvalue weighted by Gasteiger charge is 2.33. The van der Waals surface area contributed by atoms with Gasteiger partial charge >= 0.3 is 0 Å². The molecule has 1 aliphatic heterocycles. The van der Waals surface area contributed by atoms with Crippen LogP contribution in [0.3, 0.4) is 0 Å². The van der Waals surface area contributed by atoms with Crippen LogP contribution in [-0.4, -0.2) is 11.4 Å². The number of aryl methyl sites for hydroxylation is 2. The predicted molar refractivity (Wildman–Crippen MR) is 115 cm³/mol. The molecule has 2 aliphatic rings. The molecule has 0 saturated heterocycles. The van der Waals surface area contributed by atoms with Crippen LogP contribution in [0.1, 0.15) is 56.5 Å². The summed E-state index contributed by atoms with van der Waals surface area (Å²) in [4.78, 5) is 6.02. The normalized spacial score (nSPS) is 19.5. The smallest absolute Gasteiger partial charge is 0.0702 e. The van der Waals surface area contributed by atoms with Gasteiger partial charge in [0, 0.05) is 22.8 Å². The van der Waals surface area contributed by atoms with Gasteiger partial charge in [0.05, 0.1) is 6.04 Å². The third kappa shape index (κ3) is 3.26. The van der Waals surface area contributed by atoms with Gasteiger partial charge in [-0.3, -0.25) is 4.90 Å². The Hall–Kier alpha value is -1.90. The first kappa shape index (κ1) is 17.2. The van der Waals surface area contributed by atoms with Crippen molar-refractivity contribution in [2.75, 3.05) is 6.54 Å². The van der Waals surface area contributed by atoms with Crippen molar-refractivity contribution in [3.63, 3.8) is 0 Å². The molecule has 27 heavy (non-hydrogen) atoms. The SMILES string of the molecule is Cc1cccc(CN2CCc3c(sc4c3CCCC4)C2c2ccccc2)c1. The Morgan fingerprint density at radius 3 is 2.63 bits per heavy atom. The van der Waals surface area contributed by atoms with Gasteiger partial charge in [-0.2, -0.15) is 0 Å². The number of fused-ring (bicyclic) bond motifs is 3. The van der Waals surface area contributed by atoms with Gasteiger partial charge in [0.2, 0.25) is 0 Å². The monoisotopic (exact) mass is 373 g/mol. The van der Waals surface area contributed by atoms with Crippen molar-refractivity contribution in [2.45, 2.75) is 51.6 Å². The fourth-order valence-electron chi connectivity index (χ4n) is 4.91. The second-order valence-corrected chi connectivity index (χ2v) is 9.21. The van der Waals surface area contributed by atoms with E-state index in [4.69, 9.17) is 0 Å². The van der Waals surface area contributed by atoms with Crippen LogP contribution in [0.2, 0.25) is 0 Å². The maximum atomic E-state index is 2.70. The lowest BCUT2D eigenvalue weighted by atomic mass is 9.88. The highest BCUT2D eigenvalue weighted by molar-refractivity contribution is 7.12. The topological polar surface area (TPSA) is 3.24 Å². The largest absolute Gasteiger partial charge is 0.287 e. The van der Waals surface area contributed by atoms with E-state index in [1.165, 1.54) is 48.8 Å². The maximum absolute atomic E-state index is 2.70. The highest BCUT2D eigenvalue weighted by atomic mass is 32.1. The van der Waals surface area contributed by atoms with Crippen molar-refractivity contribution in [3.8, 4) is 0 Å². The number of nitrogens with zero attached hydrogens (tertiary/aromatic N) is 1. The van der Waals surface area contributed by atoms with E-state index in [1.807, 2.05) is 0 Å². The lowest BCUT2D eigenvalue weighted by Crippen LogP contribution is -2.35. The standard InChI is InChI=1S/C25H27NS/c1-18-8-7-9-19(16-18)17-26-15-14-22-21-12-5-6-13-23(21)27-25(22)24(26)20-10-3-2-4-11-20/h2-4,7-11,16,24H,5-6,12-15,17H2,1H3. The van der Waals surface area contributed by atoms with Crippen LogP contribution in [-0.2, 0) is 25.8 Å². The summed E-state index contributed by atoms with van der Waals surface area (Å²) in [6, 6.07) is 20.6. The summed E-state index contributed by atoms with van der Waals surface area (Å²) in [6.07, 6.45) is 6.57. The molecule has 1 atom stereocenters. The van der Waals surface area contributed by atoms with Gasteiger partial charge in [-0.25, -0.2) is 0 Å². The number of thiophene rings is 1. The van der Waals surface area contributed by atoms with E-state index in [0.717, 1.165) is 13.1 Å². The van der Waals surface area contributed by atoms with Crippen LogP contribution < -0.4 is 0 Å². The molecule has 5 rings (SSSR count). The van der Waals surface area contributed by atoms with Crippen LogP contribution in [0, 0.1) is 6.92 Å². The summed E-state index contributed by atoms with van der Waals surface area (Å²) >= 11 is 2.12. The molecule has 0 saturated carbocycles. The Bertz CT molecular complexity index is 940. The molecule has 2 heterocycles. The van der Waals surface area contributed by atoms with E-state index in [1.54, 1.807) is 20.9 Å². The molecule has 0 N–H and O–H groups in total. The molecule has 2 heteroatoms. The lowest BCUT2D eigenvalue weighted by molar-refractivity contribution is 0.207. The van der Waals surface area contributed by atoms with Crippen molar-refractivity contribution in [2.24, 2.45) is 0 Å². The molecule has 0 bridgehead atoms. The van der Waals surface area contributed by atoms with Crippen molar-refractivity contribution in [1.29, 1.82) is 0 Å². The minimum Gasteiger partial charge on any atom is -0.287 e. The predicted octanol–water partition coefficient (Wildman–Crippen LogP) is 6.08. The molecule has 1 nitrogen and oxygen atoms in total. The van der Waals surface area contributed by atoms with Crippen LogP contribution in [0.4, 0.5) is 0 Å². The van der Waals surface area contributed by atoms with E-state index in [0.29, 0.717) is 6.04 Å². The highest BCUT2D eigenvalue weighted by Crippen LogP contribution is 2.45. The van der Waals surface area contributed by atoms with E-state index in [9.17, 15) is 0 Å². The maximum Gasteiger partial charge on any atom is 0.0702 e. The fraction of sp³-hybridized carbons (Fsp3) is 0.360. The van der Waals surface area contributed by atoms with E-state index >= 15 is 0 Å². The van der Waals surface area contributed by atoms with Gasteiger partial charge in [0.1, 0.15) is 0 Å². The molecule has 1 unspecified atom stereocenters. The average Bonchev–Trinajstić information content (AvgIpc) is 3.07. The van der Waals surface area contributed by atoms with Crippen LogP contribution in [0.5, 0.6) is 0 Å². The summed E-state index contributed by atoms with van der Waals surface area (Å²) in [5, 5.41) is 0. The number of hydrogen-bond acceptors (Lipinski definition) is 2. The quantitative estimate of drug-likeness (QED) is 0.537. The van der Waals surface area contributed by atoms with Crippen molar-refractivity contribution < 1.29 is 0 Å². The minimum absolute atomic E-state index is 0.408. The van der Waals surface area contributed by atoms with Gasteiger partial charge in [0.25, 0.3) is 0 Å². The Morgan fingerprint density at radius 2 is 1.78 bits per heavy atom. The first-order valence-electron chi connectivity index (χ1n) is 10.3. The van der Waals surface area contributed by atoms with Gasteiger partial charge in [-0.15, -0.1) is 11.3 Å². The summed E-state index contributed by atoms with van der Waals surface area (Å²) in [6.45, 7) is 4.38. The van der Waals surface area contributed by atoms with E-state index in [-0.39, 0.29) is 0 Å². The lowest BCUT2D eigenvalue weighted by Gasteiger charge is -2.36. The molecule has 0 amide bonds. The summed E-state index contributed by atoms with van der Waals surface area (Å²) < 4.78 is 0. The molecular formula is C25H27NS. The van der Waals surface area contributed by atoms with E-state index in [2.05, 4.69) is 77.8 Å². The summed E-state index contributed by atoms with van der Waals surface area (Å²) in [5.74, 6) is 0. The summed E-state index contributed by atoms with van der Waals surface area (Å²) in [7, 11) is 0. The van der Waals surface area contributed by atoms with Gasteiger partial charge < -0.3 is 0 Å². The second kappa shape index (κ2) is 7.26. The van der Waals surface area contributed by atoms with Crippen molar-refractivity contribution in [3.05, 3.63) is 92.2 Å². The molecule has 3 aromatic rings. The zero-order valence-electron chi connectivity index (χ0n) is 16.1. The Kier molecular flexibility index (Phi) is 4.63. The van der Waals surface area contributed by atoms with Crippen LogP contribution >= 0.6 is 11.3 Å². The molecule has 0 radical (unpaired) electrons. The molecule has 0 fully saturated rings. The Morgan fingerprint density at radius 1 is 0.926 bits per heavy atom. The molecule has 1 aliphatic carbocycles. The minimum atomic E-state index is 0.408. The molecule has 2 aromatic carbocycles. The molecule has 0 spiro atoms. The third-order valence-electron chi connectivity index (χ3n) is 6.16. The van der Waals surface area contributed by atoms with Crippen molar-refractivity contribution >= 4 is 11.3 Å². The zero-order valence-corrected chi connectivity index (χ0v) is 16.9. The Labute approximate surface area is 166 Å². The number of rotatable bonds is 3. The second-order valence-electron chi connectivity index (χ2n) is 8.08. The fourth-order valence-corrected chi connectivity index (χ4v) is 6.52. The zero-order chi connectivity index (χ0) is 18.2. The first-order chi connectivity index (χ1) is 13.3. The van der Waals surface area contributed by atoms with E-state index < -0.39 is 0 Å². The Balaban J connectivity index is 1.56. The number of hydrogen-bond donors (Lipinski definition) is 0. The van der Waals surface area contributed by atoms with Gasteiger partial charge in [-0.05, 0) is 61.3 Å². The van der Waals surface area contributed by atoms with Crippen LogP contribution in [0.15, 0.2) is 54.6 Å². The first-order valence-corrected chi connectivity index (χ1v) is 11.1. The average molecular weight is 374 g/mol. The van der Waals surface area contributed by atoms with Crippen molar-refractivity contribution in [1.82, 2.24) is 4.90 Å². The van der Waals surface area contributed by atoms with Gasteiger partial charge in [0.15, 0.2) is 0 Å². The van der Waals surface area contributed by atoms with Gasteiger partial charge in [-0.1, -0.05) is 60.2 Å². The third-order valence-corrected chi connectivity index (χ3v) is 7.54. The van der Waals surface area contributed by atoms with Crippen LogP contribution in [0.25, 0.3) is 0 Å². The molecule has 138 valence electrons. The summed E-state index contributed by atoms with van der Waals surface area (Å²) in [5.41, 5.74) is 7.65.